The largest absolute Gasteiger partial charge is 0.494 e. The lowest BCUT2D eigenvalue weighted by Gasteiger charge is -2.33. The molecule has 1 unspecified atom stereocenters. The molecule has 6 heteroatoms. The van der Waals surface area contributed by atoms with Crippen LogP contribution in [0.2, 0.25) is 0 Å². The molecule has 0 spiro atoms. The van der Waals surface area contributed by atoms with Crippen LogP contribution in [0.15, 0.2) is 30.3 Å². The predicted octanol–water partition coefficient (Wildman–Crippen LogP) is 2.09. The van der Waals surface area contributed by atoms with Crippen molar-refractivity contribution >= 4 is 11.9 Å². The van der Waals surface area contributed by atoms with Gasteiger partial charge in [0.05, 0.1) is 12.0 Å². The summed E-state index contributed by atoms with van der Waals surface area (Å²) in [6, 6.07) is 9.44. The van der Waals surface area contributed by atoms with Gasteiger partial charge in [-0.25, -0.2) is 0 Å². The molecular weight excluding hydrogens is 310 g/mol. The zero-order valence-corrected chi connectivity index (χ0v) is 14.0. The van der Waals surface area contributed by atoms with Crippen molar-refractivity contribution in [1.82, 2.24) is 5.32 Å². The number of carboxylic acid groups (broad SMARTS) is 1. The molecule has 1 aromatic rings. The standard InChI is InChI=1S/C18H25NO5/c1-14(7-10-24-15-5-3-2-4-6-15)16(20)19-13-18(17(21)22)8-11-23-12-9-18/h2-6,14H,7-13H2,1H3,(H,19,20)(H,21,22). The third-order valence-corrected chi connectivity index (χ3v) is 4.51. The van der Waals surface area contributed by atoms with E-state index in [9.17, 15) is 14.7 Å². The second-order valence-electron chi connectivity index (χ2n) is 6.27. The van der Waals surface area contributed by atoms with E-state index in [1.807, 2.05) is 37.3 Å². The third-order valence-electron chi connectivity index (χ3n) is 4.51. The van der Waals surface area contributed by atoms with E-state index >= 15 is 0 Å². The van der Waals surface area contributed by atoms with Crippen LogP contribution >= 0.6 is 0 Å². The topological polar surface area (TPSA) is 84.9 Å². The Morgan fingerprint density at radius 1 is 1.29 bits per heavy atom. The fourth-order valence-corrected chi connectivity index (χ4v) is 2.66. The Morgan fingerprint density at radius 2 is 1.96 bits per heavy atom. The van der Waals surface area contributed by atoms with E-state index in [4.69, 9.17) is 9.47 Å². The minimum atomic E-state index is -0.909. The predicted molar refractivity (Wildman–Crippen MR) is 88.8 cm³/mol. The molecular formula is C18H25NO5. The van der Waals surface area contributed by atoms with Crippen molar-refractivity contribution in [3.05, 3.63) is 30.3 Å². The maximum Gasteiger partial charge on any atom is 0.311 e. The van der Waals surface area contributed by atoms with Crippen LogP contribution in [0.1, 0.15) is 26.2 Å². The number of amides is 1. The van der Waals surface area contributed by atoms with E-state index in [1.165, 1.54) is 0 Å². The van der Waals surface area contributed by atoms with Crippen molar-refractivity contribution < 1.29 is 24.2 Å². The van der Waals surface area contributed by atoms with Gasteiger partial charge in [0, 0.05) is 25.7 Å². The highest BCUT2D eigenvalue weighted by Crippen LogP contribution is 2.30. The molecule has 2 N–H and O–H groups in total. The third kappa shape index (κ3) is 4.96. The Labute approximate surface area is 142 Å². The molecule has 1 saturated heterocycles. The van der Waals surface area contributed by atoms with Crippen LogP contribution in [-0.2, 0) is 14.3 Å². The zero-order chi connectivity index (χ0) is 17.4. The number of para-hydroxylation sites is 1. The van der Waals surface area contributed by atoms with Gasteiger partial charge in [-0.3, -0.25) is 9.59 Å². The van der Waals surface area contributed by atoms with E-state index in [0.717, 1.165) is 5.75 Å². The Balaban J connectivity index is 1.75. The lowest BCUT2D eigenvalue weighted by Crippen LogP contribution is -2.47. The summed E-state index contributed by atoms with van der Waals surface area (Å²) in [4.78, 5) is 23.8. The summed E-state index contributed by atoms with van der Waals surface area (Å²) >= 11 is 0. The Kier molecular flexibility index (Phi) is 6.61. The summed E-state index contributed by atoms with van der Waals surface area (Å²) in [5, 5.41) is 12.3. The Bertz CT molecular complexity index is 540. The first-order chi connectivity index (χ1) is 11.5. The molecule has 0 aliphatic carbocycles. The maximum atomic E-state index is 12.2. The van der Waals surface area contributed by atoms with Gasteiger partial charge in [-0.1, -0.05) is 25.1 Å². The van der Waals surface area contributed by atoms with E-state index in [2.05, 4.69) is 5.32 Å². The number of benzene rings is 1. The molecule has 1 aliphatic heterocycles. The highest BCUT2D eigenvalue weighted by atomic mass is 16.5. The number of carboxylic acids is 1. The van der Waals surface area contributed by atoms with E-state index in [-0.39, 0.29) is 18.4 Å². The molecule has 1 fully saturated rings. The van der Waals surface area contributed by atoms with Crippen molar-refractivity contribution in [2.75, 3.05) is 26.4 Å². The molecule has 0 aromatic heterocycles. The second-order valence-corrected chi connectivity index (χ2v) is 6.27. The summed E-state index contributed by atoms with van der Waals surface area (Å²) in [5.41, 5.74) is -0.909. The van der Waals surface area contributed by atoms with E-state index in [1.54, 1.807) is 0 Å². The molecule has 0 saturated carbocycles. The van der Waals surface area contributed by atoms with Crippen LogP contribution in [0.25, 0.3) is 0 Å². The number of hydrogen-bond donors (Lipinski definition) is 2. The number of aliphatic carboxylic acids is 1. The van der Waals surface area contributed by atoms with Crippen molar-refractivity contribution in [3.8, 4) is 5.75 Å². The van der Waals surface area contributed by atoms with Crippen LogP contribution in [-0.4, -0.2) is 43.3 Å². The smallest absolute Gasteiger partial charge is 0.311 e. The number of ether oxygens (including phenoxy) is 2. The van der Waals surface area contributed by atoms with Crippen LogP contribution in [0.3, 0.4) is 0 Å². The number of carbonyl (C=O) groups excluding carboxylic acids is 1. The van der Waals surface area contributed by atoms with Gasteiger partial charge >= 0.3 is 5.97 Å². The first-order valence-electron chi connectivity index (χ1n) is 8.30. The summed E-state index contributed by atoms with van der Waals surface area (Å²) in [5.74, 6) is -0.471. The summed E-state index contributed by atoms with van der Waals surface area (Å²) in [6.45, 7) is 3.25. The van der Waals surface area contributed by atoms with Gasteiger partial charge < -0.3 is 19.9 Å². The molecule has 132 valence electrons. The van der Waals surface area contributed by atoms with Gasteiger partial charge in [0.15, 0.2) is 0 Å². The lowest BCUT2D eigenvalue weighted by molar-refractivity contribution is -0.154. The van der Waals surface area contributed by atoms with Gasteiger partial charge in [-0.15, -0.1) is 0 Å². The molecule has 1 heterocycles. The normalized spacial score (nSPS) is 17.7. The van der Waals surface area contributed by atoms with Crippen molar-refractivity contribution in [1.29, 1.82) is 0 Å². The van der Waals surface area contributed by atoms with Gasteiger partial charge in [-0.2, -0.15) is 0 Å². The van der Waals surface area contributed by atoms with Gasteiger partial charge in [0.2, 0.25) is 5.91 Å². The van der Waals surface area contributed by atoms with Crippen LogP contribution in [0.4, 0.5) is 0 Å². The van der Waals surface area contributed by atoms with Crippen molar-refractivity contribution in [2.45, 2.75) is 26.2 Å². The number of rotatable bonds is 8. The molecule has 24 heavy (non-hydrogen) atoms. The molecule has 0 radical (unpaired) electrons. The average Bonchev–Trinajstić information content (AvgIpc) is 2.61. The fourth-order valence-electron chi connectivity index (χ4n) is 2.66. The molecule has 6 nitrogen and oxygen atoms in total. The van der Waals surface area contributed by atoms with Crippen LogP contribution in [0, 0.1) is 11.3 Å². The molecule has 1 atom stereocenters. The lowest BCUT2D eigenvalue weighted by atomic mass is 9.80. The van der Waals surface area contributed by atoms with E-state index < -0.39 is 11.4 Å². The van der Waals surface area contributed by atoms with Crippen molar-refractivity contribution in [2.24, 2.45) is 11.3 Å². The summed E-state index contributed by atoms with van der Waals surface area (Å²) in [7, 11) is 0. The second kappa shape index (κ2) is 8.68. The first kappa shape index (κ1) is 18.3. The molecule has 1 amide bonds. The highest BCUT2D eigenvalue weighted by Gasteiger charge is 2.40. The summed E-state index contributed by atoms with van der Waals surface area (Å²) in [6.07, 6.45) is 1.42. The minimum Gasteiger partial charge on any atom is -0.494 e. The van der Waals surface area contributed by atoms with E-state index in [0.29, 0.717) is 39.1 Å². The summed E-state index contributed by atoms with van der Waals surface area (Å²) < 4.78 is 10.8. The maximum absolute atomic E-state index is 12.2. The van der Waals surface area contributed by atoms with Crippen LogP contribution in [0.5, 0.6) is 5.75 Å². The van der Waals surface area contributed by atoms with Crippen LogP contribution < -0.4 is 10.1 Å². The van der Waals surface area contributed by atoms with Gasteiger partial charge in [0.1, 0.15) is 5.75 Å². The van der Waals surface area contributed by atoms with Crippen molar-refractivity contribution in [3.63, 3.8) is 0 Å². The van der Waals surface area contributed by atoms with Gasteiger partial charge in [-0.05, 0) is 31.4 Å². The fraction of sp³-hybridized carbons (Fsp3) is 0.556. The molecule has 2 rings (SSSR count). The average molecular weight is 335 g/mol. The number of nitrogens with one attached hydrogen (secondary N) is 1. The highest BCUT2D eigenvalue weighted by molar-refractivity contribution is 5.80. The molecule has 0 bridgehead atoms. The monoisotopic (exact) mass is 335 g/mol. The number of carbonyl (C=O) groups is 2. The quantitative estimate of drug-likeness (QED) is 0.760. The minimum absolute atomic E-state index is 0.140. The zero-order valence-electron chi connectivity index (χ0n) is 14.0. The number of hydrogen-bond acceptors (Lipinski definition) is 4. The first-order valence-corrected chi connectivity index (χ1v) is 8.30. The Morgan fingerprint density at radius 3 is 2.58 bits per heavy atom. The molecule has 1 aromatic carbocycles. The Hall–Kier alpha value is -2.08. The molecule has 1 aliphatic rings. The SMILES string of the molecule is CC(CCOc1ccccc1)C(=O)NCC1(C(=O)O)CCOCC1. The van der Waals surface area contributed by atoms with Gasteiger partial charge in [0.25, 0.3) is 0 Å².